The van der Waals surface area contributed by atoms with Crippen LogP contribution in [0.15, 0.2) is 0 Å². The van der Waals surface area contributed by atoms with E-state index in [0.29, 0.717) is 6.04 Å². The molecule has 0 bridgehead atoms. The molecule has 0 aliphatic heterocycles. The van der Waals surface area contributed by atoms with Crippen molar-refractivity contribution in [3.05, 3.63) is 0 Å². The fourth-order valence-corrected chi connectivity index (χ4v) is 3.67. The lowest BCUT2D eigenvalue weighted by Crippen LogP contribution is -2.35. The van der Waals surface area contributed by atoms with Gasteiger partial charge in [-0.2, -0.15) is 0 Å². The molecule has 4 unspecified atom stereocenters. The summed E-state index contributed by atoms with van der Waals surface area (Å²) in [6.45, 7) is 5.86. The van der Waals surface area contributed by atoms with E-state index in [-0.39, 0.29) is 0 Å². The highest BCUT2D eigenvalue weighted by Crippen LogP contribution is 2.42. The molecule has 16 heavy (non-hydrogen) atoms. The largest absolute Gasteiger partial charge is 0.314 e. The maximum absolute atomic E-state index is 3.70. The van der Waals surface area contributed by atoms with Gasteiger partial charge in [-0.15, -0.1) is 0 Å². The van der Waals surface area contributed by atoms with Gasteiger partial charge >= 0.3 is 0 Å². The monoisotopic (exact) mass is 223 g/mol. The van der Waals surface area contributed by atoms with Gasteiger partial charge in [0, 0.05) is 6.04 Å². The molecule has 0 aromatic rings. The maximum atomic E-state index is 3.70. The molecule has 94 valence electrons. The van der Waals surface area contributed by atoms with Crippen molar-refractivity contribution < 1.29 is 0 Å². The molecule has 2 fully saturated rings. The van der Waals surface area contributed by atoms with Crippen molar-refractivity contribution in [3.63, 3.8) is 0 Å². The molecular formula is C15H29N. The summed E-state index contributed by atoms with van der Waals surface area (Å²) in [6, 6.07) is 0.712. The van der Waals surface area contributed by atoms with E-state index in [2.05, 4.69) is 19.2 Å². The van der Waals surface area contributed by atoms with Crippen LogP contribution in [0.4, 0.5) is 0 Å². The third-order valence-corrected chi connectivity index (χ3v) is 5.02. The van der Waals surface area contributed by atoms with Crippen molar-refractivity contribution in [3.8, 4) is 0 Å². The van der Waals surface area contributed by atoms with E-state index in [4.69, 9.17) is 0 Å². The van der Waals surface area contributed by atoms with Gasteiger partial charge in [0.05, 0.1) is 0 Å². The van der Waals surface area contributed by atoms with E-state index in [9.17, 15) is 0 Å². The normalized spacial score (nSPS) is 36.8. The summed E-state index contributed by atoms with van der Waals surface area (Å²) in [7, 11) is 0. The Balaban J connectivity index is 1.72. The molecule has 2 saturated carbocycles. The first-order chi connectivity index (χ1) is 7.79. The lowest BCUT2D eigenvalue weighted by molar-refractivity contribution is 0.127. The number of nitrogens with one attached hydrogen (secondary N) is 1. The molecular weight excluding hydrogens is 194 g/mol. The van der Waals surface area contributed by atoms with E-state index >= 15 is 0 Å². The molecule has 0 amide bonds. The first-order valence-electron chi connectivity index (χ1n) is 7.53. The second-order valence-electron chi connectivity index (χ2n) is 6.20. The summed E-state index contributed by atoms with van der Waals surface area (Å²) in [6.07, 6.45) is 11.9. The third kappa shape index (κ3) is 3.23. The Bertz CT molecular complexity index is 202. The second-order valence-corrected chi connectivity index (χ2v) is 6.20. The van der Waals surface area contributed by atoms with Crippen LogP contribution in [-0.2, 0) is 0 Å². The Kier molecular flexibility index (Phi) is 4.69. The Labute approximate surface area is 101 Å². The van der Waals surface area contributed by atoms with Crippen molar-refractivity contribution in [2.24, 2.45) is 17.8 Å². The minimum atomic E-state index is 0.712. The van der Waals surface area contributed by atoms with Crippen molar-refractivity contribution >= 4 is 0 Å². The van der Waals surface area contributed by atoms with Crippen LogP contribution < -0.4 is 5.32 Å². The van der Waals surface area contributed by atoms with Gasteiger partial charge in [0.1, 0.15) is 0 Å². The molecule has 1 heteroatoms. The Morgan fingerprint density at radius 1 is 1.06 bits per heavy atom. The van der Waals surface area contributed by atoms with Crippen LogP contribution in [0.1, 0.15) is 65.2 Å². The van der Waals surface area contributed by atoms with Crippen LogP contribution in [-0.4, -0.2) is 12.6 Å². The summed E-state index contributed by atoms with van der Waals surface area (Å²) >= 11 is 0. The van der Waals surface area contributed by atoms with E-state index < -0.39 is 0 Å². The number of hydrogen-bond donors (Lipinski definition) is 1. The third-order valence-electron chi connectivity index (χ3n) is 5.02. The zero-order valence-corrected chi connectivity index (χ0v) is 11.2. The standard InChI is InChI=1S/C15H29N/c1-3-12(2)16-11-13-8-9-14-6-4-5-7-15(14)10-13/h12-16H,3-11H2,1-2H3. The highest BCUT2D eigenvalue weighted by Gasteiger charge is 2.31. The van der Waals surface area contributed by atoms with Crippen LogP contribution in [0.5, 0.6) is 0 Å². The first-order valence-corrected chi connectivity index (χ1v) is 7.53. The molecule has 2 rings (SSSR count). The van der Waals surface area contributed by atoms with E-state index in [1.807, 2.05) is 0 Å². The predicted molar refractivity (Wildman–Crippen MR) is 70.5 cm³/mol. The average molecular weight is 223 g/mol. The van der Waals surface area contributed by atoms with E-state index in [1.165, 1.54) is 57.9 Å². The summed E-state index contributed by atoms with van der Waals surface area (Å²) in [4.78, 5) is 0. The minimum absolute atomic E-state index is 0.712. The molecule has 0 spiro atoms. The van der Waals surface area contributed by atoms with Gasteiger partial charge < -0.3 is 5.32 Å². The van der Waals surface area contributed by atoms with E-state index in [0.717, 1.165) is 17.8 Å². The lowest BCUT2D eigenvalue weighted by atomic mass is 9.67. The molecule has 0 heterocycles. The molecule has 1 nitrogen and oxygen atoms in total. The zero-order valence-electron chi connectivity index (χ0n) is 11.2. The minimum Gasteiger partial charge on any atom is -0.314 e. The summed E-state index contributed by atoms with van der Waals surface area (Å²) in [5.74, 6) is 3.17. The molecule has 1 N–H and O–H groups in total. The first kappa shape index (κ1) is 12.4. The van der Waals surface area contributed by atoms with Crippen LogP contribution in [0.2, 0.25) is 0 Å². The highest BCUT2D eigenvalue weighted by atomic mass is 14.9. The topological polar surface area (TPSA) is 12.0 Å². The zero-order chi connectivity index (χ0) is 11.4. The van der Waals surface area contributed by atoms with Gasteiger partial charge in [0.15, 0.2) is 0 Å². The molecule has 0 radical (unpaired) electrons. The van der Waals surface area contributed by atoms with Crippen molar-refractivity contribution in [2.75, 3.05) is 6.54 Å². The molecule has 0 aromatic heterocycles. The van der Waals surface area contributed by atoms with Crippen LogP contribution >= 0.6 is 0 Å². The SMILES string of the molecule is CCC(C)NCC1CCC2CCCCC2C1. The Morgan fingerprint density at radius 3 is 2.56 bits per heavy atom. The molecule has 4 atom stereocenters. The van der Waals surface area contributed by atoms with Crippen LogP contribution in [0.25, 0.3) is 0 Å². The highest BCUT2D eigenvalue weighted by molar-refractivity contribution is 4.84. The van der Waals surface area contributed by atoms with Gasteiger partial charge in [-0.05, 0) is 56.9 Å². The summed E-state index contributed by atoms with van der Waals surface area (Å²) < 4.78 is 0. The van der Waals surface area contributed by atoms with Gasteiger partial charge in [0.25, 0.3) is 0 Å². The predicted octanol–water partition coefficient (Wildman–Crippen LogP) is 3.98. The van der Waals surface area contributed by atoms with Crippen molar-refractivity contribution in [1.29, 1.82) is 0 Å². The number of hydrogen-bond acceptors (Lipinski definition) is 1. The summed E-state index contributed by atoms with van der Waals surface area (Å²) in [5.41, 5.74) is 0. The Morgan fingerprint density at radius 2 is 1.81 bits per heavy atom. The van der Waals surface area contributed by atoms with Gasteiger partial charge in [-0.1, -0.05) is 32.6 Å². The fourth-order valence-electron chi connectivity index (χ4n) is 3.67. The van der Waals surface area contributed by atoms with Crippen molar-refractivity contribution in [1.82, 2.24) is 5.32 Å². The molecule has 2 aliphatic carbocycles. The van der Waals surface area contributed by atoms with Crippen molar-refractivity contribution in [2.45, 2.75) is 71.3 Å². The number of fused-ring (bicyclic) bond motifs is 1. The van der Waals surface area contributed by atoms with E-state index in [1.54, 1.807) is 0 Å². The number of rotatable bonds is 4. The Hall–Kier alpha value is -0.0400. The quantitative estimate of drug-likeness (QED) is 0.760. The lowest BCUT2D eigenvalue weighted by Gasteiger charge is -2.39. The second kappa shape index (κ2) is 6.05. The fraction of sp³-hybridized carbons (Fsp3) is 1.00. The van der Waals surface area contributed by atoms with Gasteiger partial charge in [-0.3, -0.25) is 0 Å². The maximum Gasteiger partial charge on any atom is 0.00362 e. The van der Waals surface area contributed by atoms with Gasteiger partial charge in [-0.25, -0.2) is 0 Å². The smallest absolute Gasteiger partial charge is 0.00362 e. The molecule has 0 aromatic carbocycles. The van der Waals surface area contributed by atoms with Gasteiger partial charge in [0.2, 0.25) is 0 Å². The average Bonchev–Trinajstić information content (AvgIpc) is 2.35. The molecule has 2 aliphatic rings. The van der Waals surface area contributed by atoms with Crippen LogP contribution in [0, 0.1) is 17.8 Å². The summed E-state index contributed by atoms with van der Waals surface area (Å²) in [5, 5.41) is 3.70. The molecule has 0 saturated heterocycles. The van der Waals surface area contributed by atoms with Crippen LogP contribution in [0.3, 0.4) is 0 Å².